The van der Waals surface area contributed by atoms with Crippen LogP contribution in [0.25, 0.3) is 0 Å². The molecule has 0 aliphatic heterocycles. The summed E-state index contributed by atoms with van der Waals surface area (Å²) in [6, 6.07) is 7.57. The van der Waals surface area contributed by atoms with E-state index in [0.717, 1.165) is 17.0 Å². The zero-order valence-electron chi connectivity index (χ0n) is 10.6. The molecule has 0 radical (unpaired) electrons. The van der Waals surface area contributed by atoms with Gasteiger partial charge in [-0.3, -0.25) is 4.79 Å². The molecule has 0 saturated carbocycles. The van der Waals surface area contributed by atoms with Gasteiger partial charge in [0.1, 0.15) is 5.75 Å². The molecular weight excluding hydrogens is 262 g/mol. The Kier molecular flexibility index (Phi) is 4.35. The molecule has 0 saturated heterocycles. The minimum Gasteiger partial charge on any atom is -0.484 e. The quantitative estimate of drug-likeness (QED) is 0.872. The van der Waals surface area contributed by atoms with E-state index < -0.39 is 0 Å². The van der Waals surface area contributed by atoms with Gasteiger partial charge in [-0.25, -0.2) is 4.98 Å². The van der Waals surface area contributed by atoms with Crippen molar-refractivity contribution >= 4 is 22.4 Å². The number of carbonyl (C=O) groups is 1. The summed E-state index contributed by atoms with van der Waals surface area (Å²) in [5, 5.41) is 5.04. The Labute approximate surface area is 115 Å². The largest absolute Gasteiger partial charge is 0.484 e. The summed E-state index contributed by atoms with van der Waals surface area (Å²) in [6.07, 6.45) is 0. The zero-order valence-corrected chi connectivity index (χ0v) is 11.4. The Morgan fingerprint density at radius 1 is 1.47 bits per heavy atom. The van der Waals surface area contributed by atoms with Crippen LogP contribution < -0.4 is 15.8 Å². The van der Waals surface area contributed by atoms with Crippen molar-refractivity contribution < 1.29 is 9.53 Å². The Morgan fingerprint density at radius 3 is 2.95 bits per heavy atom. The van der Waals surface area contributed by atoms with Crippen molar-refractivity contribution in [2.75, 3.05) is 12.3 Å². The highest BCUT2D eigenvalue weighted by Gasteiger charge is 2.05. The predicted octanol–water partition coefficient (Wildman–Crippen LogP) is 1.73. The number of ether oxygens (including phenoxy) is 1. The number of anilines is 1. The second-order valence-corrected chi connectivity index (χ2v) is 4.90. The number of benzene rings is 1. The predicted molar refractivity (Wildman–Crippen MR) is 75.0 cm³/mol. The Hall–Kier alpha value is -2.08. The topological polar surface area (TPSA) is 77.2 Å². The molecule has 1 aromatic carbocycles. The fraction of sp³-hybridized carbons (Fsp3) is 0.231. The number of thiazole rings is 1. The lowest BCUT2D eigenvalue weighted by Crippen LogP contribution is -2.28. The van der Waals surface area contributed by atoms with Gasteiger partial charge in [0, 0.05) is 5.38 Å². The van der Waals surface area contributed by atoms with Gasteiger partial charge in [0.2, 0.25) is 0 Å². The third-order valence-electron chi connectivity index (χ3n) is 2.49. The molecule has 0 spiro atoms. The van der Waals surface area contributed by atoms with E-state index in [1.807, 2.05) is 36.6 Å². The Morgan fingerprint density at radius 2 is 2.26 bits per heavy atom. The van der Waals surface area contributed by atoms with Crippen LogP contribution in [0.4, 0.5) is 5.13 Å². The van der Waals surface area contributed by atoms with Gasteiger partial charge in [0.25, 0.3) is 5.91 Å². The van der Waals surface area contributed by atoms with E-state index in [9.17, 15) is 4.79 Å². The number of nitrogens with two attached hydrogens (primary N) is 1. The molecule has 0 fully saturated rings. The summed E-state index contributed by atoms with van der Waals surface area (Å²) in [4.78, 5) is 15.7. The van der Waals surface area contributed by atoms with E-state index in [2.05, 4.69) is 10.3 Å². The molecule has 1 heterocycles. The molecule has 100 valence electrons. The number of para-hydroxylation sites is 1. The number of aromatic nitrogens is 1. The fourth-order valence-electron chi connectivity index (χ4n) is 1.51. The van der Waals surface area contributed by atoms with Gasteiger partial charge in [-0.1, -0.05) is 18.2 Å². The molecule has 0 aliphatic rings. The normalized spacial score (nSPS) is 10.2. The average Bonchev–Trinajstić information content (AvgIpc) is 2.81. The van der Waals surface area contributed by atoms with Crippen LogP contribution in [0.15, 0.2) is 29.6 Å². The number of nitrogens with zero attached hydrogens (tertiary/aromatic N) is 1. The maximum absolute atomic E-state index is 11.6. The molecule has 0 unspecified atom stereocenters. The summed E-state index contributed by atoms with van der Waals surface area (Å²) in [5.41, 5.74) is 7.26. The Bertz CT molecular complexity index is 569. The maximum Gasteiger partial charge on any atom is 0.258 e. The van der Waals surface area contributed by atoms with Gasteiger partial charge in [-0.2, -0.15) is 0 Å². The first-order valence-electron chi connectivity index (χ1n) is 5.80. The first-order valence-corrected chi connectivity index (χ1v) is 6.68. The molecule has 0 aliphatic carbocycles. The van der Waals surface area contributed by atoms with Crippen LogP contribution in [0.1, 0.15) is 11.3 Å². The highest BCUT2D eigenvalue weighted by Crippen LogP contribution is 2.15. The minimum absolute atomic E-state index is 0.00945. The van der Waals surface area contributed by atoms with Crippen molar-refractivity contribution in [2.24, 2.45) is 0 Å². The van der Waals surface area contributed by atoms with Gasteiger partial charge < -0.3 is 15.8 Å². The van der Waals surface area contributed by atoms with Crippen LogP contribution in [-0.4, -0.2) is 17.5 Å². The lowest BCUT2D eigenvalue weighted by atomic mass is 10.2. The first kappa shape index (κ1) is 13.4. The van der Waals surface area contributed by atoms with Crippen LogP contribution in [0.5, 0.6) is 5.75 Å². The molecule has 19 heavy (non-hydrogen) atoms. The SMILES string of the molecule is Cc1ccccc1OCC(=O)NCc1csc(N)n1. The van der Waals surface area contributed by atoms with Crippen molar-refractivity contribution in [3.8, 4) is 5.75 Å². The second-order valence-electron chi connectivity index (χ2n) is 4.01. The number of carbonyl (C=O) groups excluding carboxylic acids is 1. The number of aryl methyl sites for hydroxylation is 1. The van der Waals surface area contributed by atoms with Crippen molar-refractivity contribution in [1.29, 1.82) is 0 Å². The van der Waals surface area contributed by atoms with Gasteiger partial charge in [-0.15, -0.1) is 11.3 Å². The maximum atomic E-state index is 11.6. The van der Waals surface area contributed by atoms with Crippen LogP contribution in [-0.2, 0) is 11.3 Å². The highest BCUT2D eigenvalue weighted by molar-refractivity contribution is 7.13. The minimum atomic E-state index is -0.185. The average molecular weight is 277 g/mol. The van der Waals surface area contributed by atoms with Crippen LogP contribution in [0, 0.1) is 6.92 Å². The van der Waals surface area contributed by atoms with Crippen LogP contribution in [0.3, 0.4) is 0 Å². The van der Waals surface area contributed by atoms with E-state index in [-0.39, 0.29) is 12.5 Å². The summed E-state index contributed by atoms with van der Waals surface area (Å²) < 4.78 is 5.44. The molecule has 1 aromatic heterocycles. The molecule has 0 atom stereocenters. The summed E-state index contributed by atoms with van der Waals surface area (Å²) in [7, 11) is 0. The monoisotopic (exact) mass is 277 g/mol. The molecule has 5 nitrogen and oxygen atoms in total. The lowest BCUT2D eigenvalue weighted by Gasteiger charge is -2.08. The van der Waals surface area contributed by atoms with E-state index in [4.69, 9.17) is 10.5 Å². The number of hydrogen-bond donors (Lipinski definition) is 2. The molecule has 1 amide bonds. The number of amides is 1. The van der Waals surface area contributed by atoms with Crippen LogP contribution >= 0.6 is 11.3 Å². The second kappa shape index (κ2) is 6.19. The number of hydrogen-bond acceptors (Lipinski definition) is 5. The molecule has 3 N–H and O–H groups in total. The van der Waals surface area contributed by atoms with Crippen molar-refractivity contribution in [3.05, 3.63) is 40.9 Å². The first-order chi connectivity index (χ1) is 9.15. The number of rotatable bonds is 5. The molecule has 2 aromatic rings. The molecule has 0 bridgehead atoms. The van der Waals surface area contributed by atoms with Gasteiger partial charge in [0.15, 0.2) is 11.7 Å². The van der Waals surface area contributed by atoms with Gasteiger partial charge in [0.05, 0.1) is 12.2 Å². The van der Waals surface area contributed by atoms with Crippen molar-refractivity contribution in [1.82, 2.24) is 10.3 Å². The number of nitrogens with one attached hydrogen (secondary N) is 1. The summed E-state index contributed by atoms with van der Waals surface area (Å²) in [5.74, 6) is 0.533. The molecule has 6 heteroatoms. The summed E-state index contributed by atoms with van der Waals surface area (Å²) >= 11 is 1.35. The third kappa shape index (κ3) is 3.96. The van der Waals surface area contributed by atoms with E-state index in [0.29, 0.717) is 11.7 Å². The lowest BCUT2D eigenvalue weighted by molar-refractivity contribution is -0.123. The van der Waals surface area contributed by atoms with Crippen LogP contribution in [0.2, 0.25) is 0 Å². The smallest absolute Gasteiger partial charge is 0.258 e. The summed E-state index contributed by atoms with van der Waals surface area (Å²) in [6.45, 7) is 2.29. The molecular formula is C13H15N3O2S. The molecule has 2 rings (SSSR count). The fourth-order valence-corrected chi connectivity index (χ4v) is 2.07. The highest BCUT2D eigenvalue weighted by atomic mass is 32.1. The number of nitrogen functional groups attached to an aromatic ring is 1. The van der Waals surface area contributed by atoms with Gasteiger partial charge >= 0.3 is 0 Å². The van der Waals surface area contributed by atoms with E-state index in [1.54, 1.807) is 0 Å². The van der Waals surface area contributed by atoms with Crippen molar-refractivity contribution in [3.63, 3.8) is 0 Å². The third-order valence-corrected chi connectivity index (χ3v) is 3.21. The van der Waals surface area contributed by atoms with Crippen molar-refractivity contribution in [2.45, 2.75) is 13.5 Å². The van der Waals surface area contributed by atoms with E-state index >= 15 is 0 Å². The van der Waals surface area contributed by atoms with Gasteiger partial charge in [-0.05, 0) is 18.6 Å². The van der Waals surface area contributed by atoms with E-state index in [1.165, 1.54) is 11.3 Å². The zero-order chi connectivity index (χ0) is 13.7. The Balaban J connectivity index is 1.77. The standard InChI is InChI=1S/C13H15N3O2S/c1-9-4-2-3-5-11(9)18-7-12(17)15-6-10-8-19-13(14)16-10/h2-5,8H,6-7H2,1H3,(H2,14,16)(H,15,17).